The minimum absolute atomic E-state index is 0.00964. The number of fused-ring (bicyclic) bond motifs is 12. The van der Waals surface area contributed by atoms with Gasteiger partial charge in [0, 0.05) is 33.3 Å². The highest BCUT2D eigenvalue weighted by Gasteiger charge is 2.23. The molecule has 4 nitrogen and oxygen atoms in total. The summed E-state index contributed by atoms with van der Waals surface area (Å²) in [6.07, 6.45) is 7.69. The summed E-state index contributed by atoms with van der Waals surface area (Å²) < 4.78 is 8.81. The molecule has 0 spiro atoms. The van der Waals surface area contributed by atoms with Crippen molar-refractivity contribution in [2.45, 2.75) is 12.3 Å². The highest BCUT2D eigenvalue weighted by Crippen LogP contribution is 2.42. The Balaban J connectivity index is 0.968. The summed E-state index contributed by atoms with van der Waals surface area (Å²) in [5.41, 5.74) is 12.5. The second-order valence-corrected chi connectivity index (χ2v) is 16.4. The van der Waals surface area contributed by atoms with Crippen molar-refractivity contribution >= 4 is 81.8 Å². The standard InChI is InChI=1S/C58H37N3O/c1-3-14-36(15-4-1)55-57-56(48-24-11-12-25-54(48)62-57)60-58(59-55)41-17-13-16-37(32-41)39-27-30-52-50(34-39)51-35-40(28-31-53(51)61(52)42-18-5-2-6-19-42)38-26-29-47-45-22-8-7-20-43(45)44-21-9-10-23-46(44)49(47)33-38/h1-16,18-35,41H,17H2. The van der Waals surface area contributed by atoms with E-state index in [0.717, 1.165) is 62.4 Å². The van der Waals surface area contributed by atoms with Crippen LogP contribution in [0.4, 0.5) is 0 Å². The molecule has 0 N–H and O–H groups in total. The SMILES string of the molecule is C1=CC(c2ccc3c(c2)c2cc(-c4ccc5c6ccccc6c6ccccc6c5c4)ccc2n3-c2ccccc2)=CC(c2nc(-c3ccccc3)c3oc4ccccc4c3n2)C1. The van der Waals surface area contributed by atoms with E-state index in [1.165, 1.54) is 65.3 Å². The first kappa shape index (κ1) is 34.8. The van der Waals surface area contributed by atoms with Gasteiger partial charge in [0.05, 0.1) is 11.0 Å². The summed E-state index contributed by atoms with van der Waals surface area (Å²) in [4.78, 5) is 10.5. The normalized spacial score (nSPS) is 14.3. The van der Waals surface area contributed by atoms with E-state index in [-0.39, 0.29) is 5.92 Å². The molecule has 0 saturated carbocycles. The Morgan fingerprint density at radius 1 is 0.452 bits per heavy atom. The number of furan rings is 1. The first-order valence-electron chi connectivity index (χ1n) is 21.3. The molecule has 13 rings (SSSR count). The van der Waals surface area contributed by atoms with E-state index in [9.17, 15) is 0 Å². The average Bonchev–Trinajstić information content (AvgIpc) is 3.89. The van der Waals surface area contributed by atoms with Crippen LogP contribution in [0.2, 0.25) is 0 Å². The maximum Gasteiger partial charge on any atom is 0.180 e. The van der Waals surface area contributed by atoms with E-state index < -0.39 is 0 Å². The smallest absolute Gasteiger partial charge is 0.180 e. The number of allylic oxidation sites excluding steroid dienone is 4. The van der Waals surface area contributed by atoms with Crippen LogP contribution < -0.4 is 0 Å². The van der Waals surface area contributed by atoms with Crippen molar-refractivity contribution in [2.75, 3.05) is 0 Å². The van der Waals surface area contributed by atoms with Crippen LogP contribution in [0.5, 0.6) is 0 Å². The maximum atomic E-state index is 6.41. The average molecular weight is 792 g/mol. The molecule has 0 fully saturated rings. The molecule has 3 heterocycles. The van der Waals surface area contributed by atoms with Crippen LogP contribution in [-0.2, 0) is 0 Å². The Kier molecular flexibility index (Phi) is 7.70. The van der Waals surface area contributed by atoms with Gasteiger partial charge in [0.2, 0.25) is 0 Å². The van der Waals surface area contributed by atoms with Gasteiger partial charge in [-0.1, -0.05) is 152 Å². The van der Waals surface area contributed by atoms with Gasteiger partial charge in [-0.3, -0.25) is 0 Å². The van der Waals surface area contributed by atoms with Gasteiger partial charge in [0.25, 0.3) is 0 Å². The van der Waals surface area contributed by atoms with Gasteiger partial charge in [-0.2, -0.15) is 0 Å². The zero-order valence-electron chi connectivity index (χ0n) is 33.7. The molecule has 3 aromatic heterocycles. The maximum absolute atomic E-state index is 6.41. The number of rotatable bonds is 5. The summed E-state index contributed by atoms with van der Waals surface area (Å²) in [5, 5.41) is 11.1. The zero-order chi connectivity index (χ0) is 40.7. The van der Waals surface area contributed by atoms with Crippen LogP contribution in [0.25, 0.3) is 110 Å². The fourth-order valence-corrected chi connectivity index (χ4v) is 9.94. The molecular weight excluding hydrogens is 755 g/mol. The molecule has 1 unspecified atom stereocenters. The first-order valence-corrected chi connectivity index (χ1v) is 21.3. The Morgan fingerprint density at radius 3 is 1.71 bits per heavy atom. The van der Waals surface area contributed by atoms with Crippen LogP contribution in [0, 0.1) is 0 Å². The van der Waals surface area contributed by atoms with Crippen molar-refractivity contribution in [1.29, 1.82) is 0 Å². The van der Waals surface area contributed by atoms with Crippen LogP contribution in [0.1, 0.15) is 23.7 Å². The highest BCUT2D eigenvalue weighted by molar-refractivity contribution is 6.26. The van der Waals surface area contributed by atoms with Crippen LogP contribution in [-0.4, -0.2) is 14.5 Å². The van der Waals surface area contributed by atoms with Crippen molar-refractivity contribution in [3.05, 3.63) is 218 Å². The van der Waals surface area contributed by atoms with E-state index in [2.05, 4.69) is 174 Å². The van der Waals surface area contributed by atoms with Crippen molar-refractivity contribution < 1.29 is 4.42 Å². The van der Waals surface area contributed by atoms with Gasteiger partial charge in [-0.15, -0.1) is 0 Å². The fraction of sp³-hybridized carbons (Fsp3) is 0.0345. The third kappa shape index (κ3) is 5.40. The number of aromatic nitrogens is 3. The van der Waals surface area contributed by atoms with Crippen LogP contribution in [0.15, 0.2) is 211 Å². The third-order valence-electron chi connectivity index (χ3n) is 12.9. The van der Waals surface area contributed by atoms with E-state index in [0.29, 0.717) is 0 Å². The Morgan fingerprint density at radius 2 is 1.00 bits per heavy atom. The number of nitrogens with zero attached hydrogens (tertiary/aromatic N) is 3. The number of para-hydroxylation sites is 2. The quantitative estimate of drug-likeness (QED) is 0.163. The molecule has 0 aliphatic heterocycles. The Bertz CT molecular complexity index is 3800. The second kappa shape index (κ2) is 13.7. The van der Waals surface area contributed by atoms with E-state index >= 15 is 0 Å². The molecule has 9 aromatic carbocycles. The number of benzene rings is 9. The minimum Gasteiger partial charge on any atom is -0.452 e. The molecule has 1 aliphatic rings. The first-order chi connectivity index (χ1) is 30.7. The lowest BCUT2D eigenvalue weighted by Gasteiger charge is -2.17. The van der Waals surface area contributed by atoms with Crippen molar-refractivity contribution in [1.82, 2.24) is 14.5 Å². The van der Waals surface area contributed by atoms with E-state index in [4.69, 9.17) is 14.4 Å². The van der Waals surface area contributed by atoms with Gasteiger partial charge >= 0.3 is 0 Å². The zero-order valence-corrected chi connectivity index (χ0v) is 33.7. The summed E-state index contributed by atoms with van der Waals surface area (Å²) in [6.45, 7) is 0. The Hall–Kier alpha value is -8.08. The molecule has 0 radical (unpaired) electrons. The summed E-state index contributed by atoms with van der Waals surface area (Å²) >= 11 is 0. The number of hydrogen-bond donors (Lipinski definition) is 0. The fourth-order valence-electron chi connectivity index (χ4n) is 9.94. The summed E-state index contributed by atoms with van der Waals surface area (Å²) in [5.74, 6) is 0.789. The lowest BCUT2D eigenvalue weighted by Crippen LogP contribution is -2.06. The van der Waals surface area contributed by atoms with Crippen molar-refractivity contribution in [3.8, 4) is 28.1 Å². The predicted octanol–water partition coefficient (Wildman–Crippen LogP) is 15.4. The third-order valence-corrected chi connectivity index (χ3v) is 12.9. The summed E-state index contributed by atoms with van der Waals surface area (Å²) in [6, 6.07) is 67.6. The molecule has 12 aromatic rings. The lowest BCUT2D eigenvalue weighted by molar-refractivity contribution is 0.664. The van der Waals surface area contributed by atoms with Gasteiger partial charge in [0.1, 0.15) is 22.6 Å². The van der Waals surface area contributed by atoms with Gasteiger partial charge < -0.3 is 8.98 Å². The summed E-state index contributed by atoms with van der Waals surface area (Å²) in [7, 11) is 0. The van der Waals surface area contributed by atoms with E-state index in [1.807, 2.05) is 36.4 Å². The predicted molar refractivity (Wildman–Crippen MR) is 258 cm³/mol. The highest BCUT2D eigenvalue weighted by atomic mass is 16.3. The molecular formula is C58H37N3O. The molecule has 1 aliphatic carbocycles. The largest absolute Gasteiger partial charge is 0.452 e. The van der Waals surface area contributed by atoms with Gasteiger partial charge in [-0.05, 0) is 116 Å². The molecule has 1 atom stereocenters. The molecule has 62 heavy (non-hydrogen) atoms. The monoisotopic (exact) mass is 791 g/mol. The number of hydrogen-bond acceptors (Lipinski definition) is 3. The molecule has 0 saturated heterocycles. The Labute approximate surface area is 357 Å². The topological polar surface area (TPSA) is 43.9 Å². The van der Waals surface area contributed by atoms with Crippen molar-refractivity contribution in [3.63, 3.8) is 0 Å². The molecule has 290 valence electrons. The van der Waals surface area contributed by atoms with Crippen LogP contribution in [0.3, 0.4) is 0 Å². The lowest BCUT2D eigenvalue weighted by atomic mass is 9.90. The van der Waals surface area contributed by atoms with Gasteiger partial charge in [0.15, 0.2) is 5.58 Å². The van der Waals surface area contributed by atoms with Gasteiger partial charge in [-0.25, -0.2) is 9.97 Å². The molecule has 4 heteroatoms. The van der Waals surface area contributed by atoms with Crippen molar-refractivity contribution in [2.24, 2.45) is 0 Å². The second-order valence-electron chi connectivity index (χ2n) is 16.4. The van der Waals surface area contributed by atoms with Crippen LogP contribution >= 0.6 is 0 Å². The van der Waals surface area contributed by atoms with E-state index in [1.54, 1.807) is 0 Å². The molecule has 0 amide bonds. The minimum atomic E-state index is -0.00964. The molecule has 0 bridgehead atoms.